The van der Waals surface area contributed by atoms with Crippen LogP contribution in [0.4, 0.5) is 5.69 Å². The van der Waals surface area contributed by atoms with Crippen LogP contribution >= 0.6 is 0 Å². The van der Waals surface area contributed by atoms with E-state index in [2.05, 4.69) is 19.2 Å². The third kappa shape index (κ3) is 3.99. The lowest BCUT2D eigenvalue weighted by atomic mass is 9.68. The van der Waals surface area contributed by atoms with Crippen LogP contribution in [0.25, 0.3) is 0 Å². The summed E-state index contributed by atoms with van der Waals surface area (Å²) in [6.45, 7) is 7.94. The number of ether oxygens (including phenoxy) is 1. The SMILES string of the molecule is CC1=C(C(=O)N2CCOCC2)[C@@H](c2ccc([N+](=O)[O-])cc2)C2=C(CC(C)(C)CC2=O)N1. The Balaban J connectivity index is 1.82. The first kappa shape index (κ1) is 21.2. The average Bonchev–Trinajstić information content (AvgIpc) is 2.72. The van der Waals surface area contributed by atoms with Crippen molar-refractivity contribution in [3.63, 3.8) is 0 Å². The summed E-state index contributed by atoms with van der Waals surface area (Å²) in [5.41, 5.74) is 3.23. The standard InChI is InChI=1S/C23H27N3O5/c1-14-19(22(28)25-8-10-31-11-9-25)20(15-4-6-16(7-5-15)26(29)30)21-17(24-14)12-23(2,3)13-18(21)27/h4-7,20,24H,8-13H2,1-3H3/t20-/m1/s1. The molecule has 1 N–H and O–H groups in total. The predicted molar refractivity (Wildman–Crippen MR) is 114 cm³/mol. The lowest BCUT2D eigenvalue weighted by Gasteiger charge is -2.41. The highest BCUT2D eigenvalue weighted by Crippen LogP contribution is 2.47. The van der Waals surface area contributed by atoms with Crippen molar-refractivity contribution in [1.82, 2.24) is 10.2 Å². The van der Waals surface area contributed by atoms with Gasteiger partial charge in [-0.05, 0) is 24.3 Å². The van der Waals surface area contributed by atoms with E-state index in [1.54, 1.807) is 17.0 Å². The highest BCUT2D eigenvalue weighted by atomic mass is 16.6. The number of ketones is 1. The molecule has 1 aliphatic carbocycles. The van der Waals surface area contributed by atoms with Crippen LogP contribution in [-0.4, -0.2) is 47.8 Å². The lowest BCUT2D eigenvalue weighted by Crippen LogP contribution is -2.45. The molecule has 3 aliphatic rings. The average molecular weight is 425 g/mol. The van der Waals surface area contributed by atoms with E-state index in [-0.39, 0.29) is 22.8 Å². The van der Waals surface area contributed by atoms with Gasteiger partial charge in [0.05, 0.1) is 18.1 Å². The van der Waals surface area contributed by atoms with Crippen molar-refractivity contribution in [1.29, 1.82) is 0 Å². The molecule has 4 rings (SSSR count). The van der Waals surface area contributed by atoms with Gasteiger partial charge in [-0.25, -0.2) is 0 Å². The highest BCUT2D eigenvalue weighted by molar-refractivity contribution is 6.05. The minimum atomic E-state index is -0.545. The van der Waals surface area contributed by atoms with E-state index in [0.29, 0.717) is 55.9 Å². The van der Waals surface area contributed by atoms with Gasteiger partial charge >= 0.3 is 0 Å². The largest absolute Gasteiger partial charge is 0.378 e. The second-order valence-electron chi connectivity index (χ2n) is 9.18. The van der Waals surface area contributed by atoms with E-state index in [9.17, 15) is 19.7 Å². The number of allylic oxidation sites excluding steroid dienone is 3. The molecular weight excluding hydrogens is 398 g/mol. The molecule has 0 spiro atoms. The van der Waals surface area contributed by atoms with Gasteiger partial charge in [0, 0.05) is 60.1 Å². The van der Waals surface area contributed by atoms with Crippen molar-refractivity contribution in [3.05, 3.63) is 62.5 Å². The van der Waals surface area contributed by atoms with Crippen LogP contribution in [-0.2, 0) is 14.3 Å². The summed E-state index contributed by atoms with van der Waals surface area (Å²) in [5, 5.41) is 14.5. The number of nitrogens with zero attached hydrogens (tertiary/aromatic N) is 2. The Bertz CT molecular complexity index is 1000. The zero-order valence-corrected chi connectivity index (χ0v) is 18.1. The molecule has 1 fully saturated rings. The normalized spacial score (nSPS) is 23.4. The number of nitro benzene ring substituents is 1. The molecule has 0 unspecified atom stereocenters. The number of carbonyl (C=O) groups excluding carboxylic acids is 2. The zero-order chi connectivity index (χ0) is 22.3. The Morgan fingerprint density at radius 3 is 2.45 bits per heavy atom. The number of nitro groups is 1. The van der Waals surface area contributed by atoms with Gasteiger partial charge in [-0.3, -0.25) is 19.7 Å². The van der Waals surface area contributed by atoms with Gasteiger partial charge in [0.25, 0.3) is 11.6 Å². The first-order valence-corrected chi connectivity index (χ1v) is 10.5. The third-order valence-electron chi connectivity index (χ3n) is 6.21. The second kappa shape index (κ2) is 7.92. The van der Waals surface area contributed by atoms with Gasteiger partial charge in [0.2, 0.25) is 0 Å². The third-order valence-corrected chi connectivity index (χ3v) is 6.21. The minimum absolute atomic E-state index is 0.0156. The van der Waals surface area contributed by atoms with Crippen LogP contribution in [0.5, 0.6) is 0 Å². The molecule has 164 valence electrons. The maximum atomic E-state index is 13.6. The van der Waals surface area contributed by atoms with Crippen molar-refractivity contribution in [2.75, 3.05) is 26.3 Å². The van der Waals surface area contributed by atoms with E-state index < -0.39 is 10.8 Å². The Labute approximate surface area is 181 Å². The lowest BCUT2D eigenvalue weighted by molar-refractivity contribution is -0.384. The number of non-ortho nitro benzene ring substituents is 1. The fraction of sp³-hybridized carbons (Fsp3) is 0.478. The Morgan fingerprint density at radius 2 is 1.84 bits per heavy atom. The van der Waals surface area contributed by atoms with Crippen molar-refractivity contribution >= 4 is 17.4 Å². The fourth-order valence-electron chi connectivity index (χ4n) is 4.78. The molecule has 2 heterocycles. The zero-order valence-electron chi connectivity index (χ0n) is 18.1. The number of Topliss-reactive ketones (excluding diaryl/α,β-unsaturated/α-hetero) is 1. The summed E-state index contributed by atoms with van der Waals surface area (Å²) < 4.78 is 5.38. The summed E-state index contributed by atoms with van der Waals surface area (Å²) in [6, 6.07) is 6.18. The van der Waals surface area contributed by atoms with Gasteiger partial charge in [-0.15, -0.1) is 0 Å². The number of hydrogen-bond donors (Lipinski definition) is 1. The maximum absolute atomic E-state index is 13.6. The van der Waals surface area contributed by atoms with Crippen molar-refractivity contribution < 1.29 is 19.2 Å². The molecule has 0 saturated carbocycles. The first-order chi connectivity index (χ1) is 14.7. The molecule has 0 aromatic heterocycles. The van der Waals surface area contributed by atoms with E-state index in [4.69, 9.17) is 4.74 Å². The molecule has 1 aromatic rings. The monoisotopic (exact) mass is 425 g/mol. The van der Waals surface area contributed by atoms with Crippen LogP contribution in [0, 0.1) is 15.5 Å². The number of amides is 1. The molecule has 0 bridgehead atoms. The summed E-state index contributed by atoms with van der Waals surface area (Å²) >= 11 is 0. The van der Waals surface area contributed by atoms with Gasteiger partial charge in [-0.2, -0.15) is 0 Å². The van der Waals surface area contributed by atoms with Crippen LogP contribution in [0.1, 0.15) is 45.1 Å². The van der Waals surface area contributed by atoms with E-state index in [1.807, 2.05) is 6.92 Å². The van der Waals surface area contributed by atoms with Crippen molar-refractivity contribution in [2.45, 2.75) is 39.5 Å². The Kier molecular flexibility index (Phi) is 5.43. The summed E-state index contributed by atoms with van der Waals surface area (Å²) in [7, 11) is 0. The molecule has 0 radical (unpaired) electrons. The number of rotatable bonds is 3. The molecule has 8 nitrogen and oxygen atoms in total. The van der Waals surface area contributed by atoms with Crippen molar-refractivity contribution in [2.24, 2.45) is 5.41 Å². The van der Waals surface area contributed by atoms with Crippen LogP contribution in [0.2, 0.25) is 0 Å². The van der Waals surface area contributed by atoms with E-state index in [1.165, 1.54) is 12.1 Å². The summed E-state index contributed by atoms with van der Waals surface area (Å²) in [4.78, 5) is 39.3. The van der Waals surface area contributed by atoms with Crippen LogP contribution in [0.3, 0.4) is 0 Å². The van der Waals surface area contributed by atoms with Gasteiger partial charge < -0.3 is 15.0 Å². The molecule has 1 amide bonds. The molecule has 1 atom stereocenters. The quantitative estimate of drug-likeness (QED) is 0.590. The minimum Gasteiger partial charge on any atom is -0.378 e. The molecule has 31 heavy (non-hydrogen) atoms. The van der Waals surface area contributed by atoms with Gasteiger partial charge in [-0.1, -0.05) is 26.0 Å². The maximum Gasteiger partial charge on any atom is 0.269 e. The number of dihydropyridines is 1. The summed E-state index contributed by atoms with van der Waals surface area (Å²) in [5.74, 6) is -0.654. The smallest absolute Gasteiger partial charge is 0.269 e. The molecular formula is C23H27N3O5. The van der Waals surface area contributed by atoms with Gasteiger partial charge in [0.1, 0.15) is 0 Å². The van der Waals surface area contributed by atoms with E-state index >= 15 is 0 Å². The predicted octanol–water partition coefficient (Wildman–Crippen LogP) is 3.06. The molecule has 2 aliphatic heterocycles. The van der Waals surface area contributed by atoms with Crippen LogP contribution < -0.4 is 5.32 Å². The number of hydrogen-bond acceptors (Lipinski definition) is 6. The number of carbonyl (C=O) groups is 2. The first-order valence-electron chi connectivity index (χ1n) is 10.5. The Hall–Kier alpha value is -3.00. The van der Waals surface area contributed by atoms with Gasteiger partial charge in [0.15, 0.2) is 5.78 Å². The second-order valence-corrected chi connectivity index (χ2v) is 9.18. The fourth-order valence-corrected chi connectivity index (χ4v) is 4.78. The van der Waals surface area contributed by atoms with Crippen molar-refractivity contribution in [3.8, 4) is 0 Å². The van der Waals surface area contributed by atoms with Crippen LogP contribution in [0.15, 0.2) is 46.8 Å². The number of nitrogens with one attached hydrogen (secondary N) is 1. The number of benzene rings is 1. The topological polar surface area (TPSA) is 102 Å². The molecule has 1 aromatic carbocycles. The molecule has 1 saturated heterocycles. The number of morpholine rings is 1. The van der Waals surface area contributed by atoms with E-state index in [0.717, 1.165) is 11.4 Å². The Morgan fingerprint density at radius 1 is 1.19 bits per heavy atom. The highest BCUT2D eigenvalue weighted by Gasteiger charge is 2.43. The summed E-state index contributed by atoms with van der Waals surface area (Å²) in [6.07, 6.45) is 1.10. The molecule has 8 heteroatoms.